The minimum Gasteiger partial charge on any atom is -0.500 e. The van der Waals surface area contributed by atoms with Crippen LogP contribution < -0.4 is 0 Å². The van der Waals surface area contributed by atoms with Gasteiger partial charge in [-0.15, -0.1) is 0 Å². The van der Waals surface area contributed by atoms with Gasteiger partial charge in [0.2, 0.25) is 5.78 Å². The van der Waals surface area contributed by atoms with Gasteiger partial charge < -0.3 is 9.84 Å². The highest BCUT2D eigenvalue weighted by Gasteiger charge is 2.26. The van der Waals surface area contributed by atoms with Gasteiger partial charge in [-0.1, -0.05) is 0 Å². The lowest BCUT2D eigenvalue weighted by Crippen LogP contribution is -2.19. The highest BCUT2D eigenvalue weighted by atomic mass is 19.3. The average Bonchev–Trinajstić information content (AvgIpc) is 2.04. The molecule has 0 aliphatic rings. The van der Waals surface area contributed by atoms with Crippen molar-refractivity contribution in [3.05, 3.63) is 11.8 Å². The van der Waals surface area contributed by atoms with Gasteiger partial charge >= 0.3 is 12.4 Å². The van der Waals surface area contributed by atoms with Crippen molar-refractivity contribution in [2.75, 3.05) is 6.61 Å². The highest BCUT2D eigenvalue weighted by Crippen LogP contribution is 2.05. The van der Waals surface area contributed by atoms with Crippen LogP contribution in [0.4, 0.5) is 8.78 Å². The Kier molecular flexibility index (Phi) is 4.64. The number of ketones is 1. The molecule has 4 nitrogen and oxygen atoms in total. The summed E-state index contributed by atoms with van der Waals surface area (Å²) in [5.74, 6) is -3.47. The fraction of sp³-hybridized carbons (Fsp3) is 0.429. The van der Waals surface area contributed by atoms with E-state index in [-0.39, 0.29) is 6.61 Å². The van der Waals surface area contributed by atoms with Crippen LogP contribution in [0.5, 0.6) is 0 Å². The number of carbonyl (C=O) groups is 2. The van der Waals surface area contributed by atoms with E-state index in [0.29, 0.717) is 6.26 Å². The van der Waals surface area contributed by atoms with Gasteiger partial charge in [-0.05, 0) is 6.92 Å². The molecule has 0 atom stereocenters. The standard InChI is InChI=1S/C7H8F2O4/c1-2-13-3-4(7(11)12)5(10)6(8)9/h3,6H,2H2,1H3,(H,11,12)/b4-3-. The third-order valence-electron chi connectivity index (χ3n) is 1.06. The molecule has 0 aromatic carbocycles. The van der Waals surface area contributed by atoms with Gasteiger partial charge in [0, 0.05) is 0 Å². The van der Waals surface area contributed by atoms with Gasteiger partial charge in [0.1, 0.15) is 11.8 Å². The van der Waals surface area contributed by atoms with E-state index in [9.17, 15) is 18.4 Å². The van der Waals surface area contributed by atoms with Gasteiger partial charge in [-0.25, -0.2) is 13.6 Å². The fourth-order valence-electron chi connectivity index (χ4n) is 0.498. The van der Waals surface area contributed by atoms with E-state index in [0.717, 1.165) is 0 Å². The van der Waals surface area contributed by atoms with E-state index >= 15 is 0 Å². The summed E-state index contributed by atoms with van der Waals surface area (Å²) in [7, 11) is 0. The average molecular weight is 194 g/mol. The first kappa shape index (κ1) is 11.5. The van der Waals surface area contributed by atoms with E-state index in [1.165, 1.54) is 6.92 Å². The molecule has 0 bridgehead atoms. The molecular weight excluding hydrogens is 186 g/mol. The molecule has 0 unspecified atom stereocenters. The molecule has 0 saturated carbocycles. The zero-order chi connectivity index (χ0) is 10.4. The second-order valence-electron chi connectivity index (χ2n) is 1.96. The van der Waals surface area contributed by atoms with Crippen LogP contribution in [-0.4, -0.2) is 29.9 Å². The van der Waals surface area contributed by atoms with Gasteiger partial charge in [0.25, 0.3) is 0 Å². The number of carbonyl (C=O) groups excluding carboxylic acids is 1. The smallest absolute Gasteiger partial charge is 0.342 e. The number of ether oxygens (including phenoxy) is 1. The minimum absolute atomic E-state index is 0.104. The van der Waals surface area contributed by atoms with Crippen molar-refractivity contribution in [3.63, 3.8) is 0 Å². The zero-order valence-electron chi connectivity index (χ0n) is 6.79. The summed E-state index contributed by atoms with van der Waals surface area (Å²) >= 11 is 0. The molecule has 0 amide bonds. The number of rotatable bonds is 5. The second-order valence-corrected chi connectivity index (χ2v) is 1.96. The highest BCUT2D eigenvalue weighted by molar-refractivity contribution is 6.17. The molecule has 74 valence electrons. The Morgan fingerprint density at radius 1 is 1.54 bits per heavy atom. The van der Waals surface area contributed by atoms with E-state index in [1.807, 2.05) is 0 Å². The summed E-state index contributed by atoms with van der Waals surface area (Å²) in [5.41, 5.74) is -1.04. The van der Waals surface area contributed by atoms with Gasteiger partial charge in [0.05, 0.1) is 6.61 Å². The summed E-state index contributed by atoms with van der Waals surface area (Å²) in [6, 6.07) is 0. The molecule has 0 aromatic rings. The van der Waals surface area contributed by atoms with Crippen LogP contribution in [0.2, 0.25) is 0 Å². The Bertz CT molecular complexity index is 235. The number of carboxylic acids is 1. The van der Waals surface area contributed by atoms with Crippen molar-refractivity contribution in [3.8, 4) is 0 Å². The number of hydrogen-bond donors (Lipinski definition) is 1. The molecule has 1 N–H and O–H groups in total. The van der Waals surface area contributed by atoms with Crippen LogP contribution in [-0.2, 0) is 14.3 Å². The van der Waals surface area contributed by atoms with Crippen LogP contribution in [0.3, 0.4) is 0 Å². The Balaban J connectivity index is 4.61. The van der Waals surface area contributed by atoms with E-state index < -0.39 is 23.8 Å². The normalized spacial score (nSPS) is 11.5. The maximum atomic E-state index is 11.8. The van der Waals surface area contributed by atoms with Crippen LogP contribution in [0.1, 0.15) is 6.92 Å². The van der Waals surface area contributed by atoms with E-state index in [4.69, 9.17) is 5.11 Å². The maximum absolute atomic E-state index is 11.8. The number of aliphatic carboxylic acids is 1. The number of halogens is 2. The van der Waals surface area contributed by atoms with E-state index in [2.05, 4.69) is 4.74 Å². The molecule has 0 fully saturated rings. The second kappa shape index (κ2) is 5.23. The summed E-state index contributed by atoms with van der Waals surface area (Å²) in [5, 5.41) is 8.32. The first-order valence-electron chi connectivity index (χ1n) is 3.38. The summed E-state index contributed by atoms with van der Waals surface area (Å²) < 4.78 is 27.9. The molecule has 0 aliphatic heterocycles. The topological polar surface area (TPSA) is 63.6 Å². The molecule has 0 rings (SSSR count). The van der Waals surface area contributed by atoms with Crippen molar-refractivity contribution in [1.82, 2.24) is 0 Å². The summed E-state index contributed by atoms with van der Waals surface area (Å²) in [6.45, 7) is 1.64. The number of alkyl halides is 2. The lowest BCUT2D eigenvalue weighted by atomic mass is 10.2. The molecule has 0 aliphatic carbocycles. The van der Waals surface area contributed by atoms with Crippen LogP contribution in [0.25, 0.3) is 0 Å². The van der Waals surface area contributed by atoms with Crippen LogP contribution >= 0.6 is 0 Å². The van der Waals surface area contributed by atoms with E-state index in [1.54, 1.807) is 0 Å². The van der Waals surface area contributed by atoms with Crippen molar-refractivity contribution in [2.45, 2.75) is 13.3 Å². The lowest BCUT2D eigenvalue weighted by Gasteiger charge is -2.00. The predicted octanol–water partition coefficient (Wildman–Crippen LogP) is 0.826. The maximum Gasteiger partial charge on any atom is 0.342 e. The Morgan fingerprint density at radius 3 is 2.38 bits per heavy atom. The Labute approximate surface area is 72.8 Å². The molecule has 0 spiro atoms. The predicted molar refractivity (Wildman–Crippen MR) is 38.4 cm³/mol. The summed E-state index contributed by atoms with van der Waals surface area (Å²) in [6.07, 6.45) is -2.81. The largest absolute Gasteiger partial charge is 0.500 e. The quantitative estimate of drug-likeness (QED) is 0.304. The third kappa shape index (κ3) is 3.64. The van der Waals surface area contributed by atoms with Crippen LogP contribution in [0.15, 0.2) is 11.8 Å². The fourth-order valence-corrected chi connectivity index (χ4v) is 0.498. The van der Waals surface area contributed by atoms with Gasteiger partial charge in [-0.3, -0.25) is 4.79 Å². The van der Waals surface area contributed by atoms with Gasteiger partial charge in [-0.2, -0.15) is 0 Å². The minimum atomic E-state index is -3.33. The molecule has 0 aromatic heterocycles. The third-order valence-corrected chi connectivity index (χ3v) is 1.06. The molecule has 0 heterocycles. The lowest BCUT2D eigenvalue weighted by molar-refractivity contribution is -0.137. The van der Waals surface area contributed by atoms with Crippen molar-refractivity contribution in [2.24, 2.45) is 0 Å². The molecular formula is C7H8F2O4. The monoisotopic (exact) mass is 194 g/mol. The zero-order valence-corrected chi connectivity index (χ0v) is 6.79. The SMILES string of the molecule is CCO/C=C(\C(=O)O)C(=O)C(F)F. The Morgan fingerprint density at radius 2 is 2.08 bits per heavy atom. The molecule has 6 heteroatoms. The Hall–Kier alpha value is -1.46. The van der Waals surface area contributed by atoms with Crippen molar-refractivity contribution < 1.29 is 28.2 Å². The summed E-state index contributed by atoms with van der Waals surface area (Å²) in [4.78, 5) is 20.8. The first-order chi connectivity index (χ1) is 6.00. The molecule has 0 radical (unpaired) electrons. The molecule has 13 heavy (non-hydrogen) atoms. The van der Waals surface area contributed by atoms with Crippen molar-refractivity contribution in [1.29, 1.82) is 0 Å². The first-order valence-corrected chi connectivity index (χ1v) is 3.38. The van der Waals surface area contributed by atoms with Gasteiger partial charge in [0.15, 0.2) is 0 Å². The number of hydrogen-bond acceptors (Lipinski definition) is 3. The molecule has 0 saturated heterocycles. The van der Waals surface area contributed by atoms with Crippen LogP contribution in [0, 0.1) is 0 Å². The number of Topliss-reactive ketones (excluding diaryl/α,β-unsaturated/α-hetero) is 1. The van der Waals surface area contributed by atoms with Crippen molar-refractivity contribution >= 4 is 11.8 Å². The number of carboxylic acid groups (broad SMARTS) is 1.